The van der Waals surface area contributed by atoms with Crippen molar-refractivity contribution in [3.63, 3.8) is 0 Å². The lowest BCUT2D eigenvalue weighted by Gasteiger charge is -2.25. The topological polar surface area (TPSA) is 52.6 Å². The summed E-state index contributed by atoms with van der Waals surface area (Å²) in [7, 11) is 0. The van der Waals surface area contributed by atoms with Crippen molar-refractivity contribution in [1.29, 1.82) is 0 Å². The van der Waals surface area contributed by atoms with Gasteiger partial charge in [0, 0.05) is 15.8 Å². The van der Waals surface area contributed by atoms with Crippen LogP contribution in [0.25, 0.3) is 10.4 Å². The molecule has 1 aromatic heterocycles. The molecule has 0 unspecified atom stereocenters. The van der Waals surface area contributed by atoms with Crippen LogP contribution in [0.5, 0.6) is 5.75 Å². The van der Waals surface area contributed by atoms with Gasteiger partial charge in [-0.05, 0) is 68.1 Å². The number of benzene rings is 2. The maximum atomic E-state index is 12.8. The number of ether oxygens (including phenoxy) is 2. The molecule has 0 amide bonds. The van der Waals surface area contributed by atoms with E-state index < -0.39 is 11.6 Å². The van der Waals surface area contributed by atoms with Crippen LogP contribution in [-0.2, 0) is 16.0 Å². The molecule has 3 rings (SSSR count). The minimum Gasteiger partial charge on any atom is -0.475 e. The molecule has 1 heterocycles. The second-order valence-corrected chi connectivity index (χ2v) is 11.3. The lowest BCUT2D eigenvalue weighted by molar-refractivity contribution is -0.159. The summed E-state index contributed by atoms with van der Waals surface area (Å²) in [6.45, 7) is 5.62. The summed E-state index contributed by atoms with van der Waals surface area (Å²) in [6.07, 6.45) is 2.45. The van der Waals surface area contributed by atoms with E-state index in [0.717, 1.165) is 33.3 Å². The number of unbranched alkanes of at least 4 members (excludes halogenated alkanes) is 1. The Hall–Kier alpha value is -1.86. The molecule has 0 radical (unpaired) electrons. The fourth-order valence-electron chi connectivity index (χ4n) is 3.27. The Bertz CT molecular complexity index is 1190. The quantitative estimate of drug-likeness (QED) is 0.126. The number of esters is 1. The monoisotopic (exact) mass is 596 g/mol. The third-order valence-corrected chi connectivity index (χ3v) is 7.95. The lowest BCUT2D eigenvalue weighted by atomic mass is 10.1. The summed E-state index contributed by atoms with van der Waals surface area (Å²) in [6, 6.07) is 15.3. The molecule has 0 atom stereocenters. The molecule has 186 valence electrons. The maximum absolute atomic E-state index is 12.8. The zero-order chi connectivity index (χ0) is 25.6. The van der Waals surface area contributed by atoms with Gasteiger partial charge in [0.15, 0.2) is 11.4 Å². The number of thiophene rings is 1. The van der Waals surface area contributed by atoms with Gasteiger partial charge in [-0.2, -0.15) is 0 Å². The van der Waals surface area contributed by atoms with Crippen molar-refractivity contribution >= 4 is 62.2 Å². The van der Waals surface area contributed by atoms with Crippen LogP contribution in [0.4, 0.5) is 0 Å². The van der Waals surface area contributed by atoms with Crippen molar-refractivity contribution in [2.75, 3.05) is 6.61 Å². The molecule has 0 saturated carbocycles. The van der Waals surface area contributed by atoms with Crippen LogP contribution in [0.15, 0.2) is 53.0 Å². The Kier molecular flexibility index (Phi) is 9.82. The first kappa shape index (κ1) is 27.7. The van der Waals surface area contributed by atoms with Crippen LogP contribution in [0.2, 0.25) is 10.0 Å². The van der Waals surface area contributed by atoms with E-state index in [9.17, 15) is 9.59 Å². The zero-order valence-electron chi connectivity index (χ0n) is 19.8. The summed E-state index contributed by atoms with van der Waals surface area (Å²) in [5, 5.41) is 0.522. The second-order valence-electron chi connectivity index (χ2n) is 8.55. The van der Waals surface area contributed by atoms with Crippen LogP contribution >= 0.6 is 50.5 Å². The molecule has 0 aliphatic heterocycles. The minimum absolute atomic E-state index is 0.0434. The van der Waals surface area contributed by atoms with E-state index in [2.05, 4.69) is 15.9 Å². The van der Waals surface area contributed by atoms with E-state index in [1.165, 1.54) is 11.3 Å². The third kappa shape index (κ3) is 7.32. The predicted octanol–water partition coefficient (Wildman–Crippen LogP) is 8.80. The molecule has 0 aliphatic carbocycles. The number of rotatable bonds is 11. The minimum atomic E-state index is -1.22. The molecule has 0 N–H and O–H groups in total. The Labute approximate surface area is 228 Å². The number of hydrogen-bond acceptors (Lipinski definition) is 5. The van der Waals surface area contributed by atoms with Crippen molar-refractivity contribution in [3.8, 4) is 16.2 Å². The average Bonchev–Trinajstić information content (AvgIpc) is 3.32. The van der Waals surface area contributed by atoms with Gasteiger partial charge in [0.1, 0.15) is 10.8 Å². The van der Waals surface area contributed by atoms with E-state index in [1.807, 2.05) is 43.3 Å². The van der Waals surface area contributed by atoms with Crippen molar-refractivity contribution in [2.24, 2.45) is 0 Å². The van der Waals surface area contributed by atoms with Crippen LogP contribution in [0.1, 0.15) is 55.3 Å². The largest absolute Gasteiger partial charge is 0.475 e. The van der Waals surface area contributed by atoms with E-state index in [1.54, 1.807) is 26.0 Å². The van der Waals surface area contributed by atoms with Gasteiger partial charge in [0.2, 0.25) is 0 Å². The molecule has 8 heteroatoms. The predicted molar refractivity (Wildman–Crippen MR) is 147 cm³/mol. The number of hydrogen-bond donors (Lipinski definition) is 0. The summed E-state index contributed by atoms with van der Waals surface area (Å²) in [5.74, 6) is -0.130. The molecule has 3 aromatic rings. The van der Waals surface area contributed by atoms with Crippen LogP contribution in [0.3, 0.4) is 0 Å². The summed E-state index contributed by atoms with van der Waals surface area (Å²) < 4.78 is 12.1. The van der Waals surface area contributed by atoms with Gasteiger partial charge in [0.05, 0.1) is 16.5 Å². The van der Waals surface area contributed by atoms with Gasteiger partial charge in [0.25, 0.3) is 0 Å². The first-order valence-electron chi connectivity index (χ1n) is 11.3. The first-order valence-corrected chi connectivity index (χ1v) is 13.7. The van der Waals surface area contributed by atoms with E-state index >= 15 is 0 Å². The second kappa shape index (κ2) is 12.4. The number of carbonyl (C=O) groups is 2. The summed E-state index contributed by atoms with van der Waals surface area (Å²) in [5.41, 5.74) is 0.592. The van der Waals surface area contributed by atoms with Gasteiger partial charge in [-0.15, -0.1) is 11.3 Å². The molecular weight excluding hydrogens is 571 g/mol. The van der Waals surface area contributed by atoms with Gasteiger partial charge < -0.3 is 9.47 Å². The van der Waals surface area contributed by atoms with Crippen LogP contribution in [0, 0.1) is 0 Å². The molecule has 0 aliphatic rings. The molecule has 0 spiro atoms. The van der Waals surface area contributed by atoms with Crippen LogP contribution in [-0.4, -0.2) is 24.0 Å². The third-order valence-electron chi connectivity index (χ3n) is 5.35. The Morgan fingerprint density at radius 1 is 1.00 bits per heavy atom. The Balaban J connectivity index is 1.63. The van der Waals surface area contributed by atoms with Crippen molar-refractivity contribution in [1.82, 2.24) is 0 Å². The highest BCUT2D eigenvalue weighted by molar-refractivity contribution is 9.10. The highest BCUT2D eigenvalue weighted by Crippen LogP contribution is 2.37. The SMILES string of the molecule is CCCCOC(=O)C(C)(C)Oc1ccc(CCC(=O)c2ccc(-c3ccc(Br)cc3)s2)c(Cl)c1Cl. The van der Waals surface area contributed by atoms with Crippen molar-refractivity contribution in [3.05, 3.63) is 73.5 Å². The van der Waals surface area contributed by atoms with Gasteiger partial charge >= 0.3 is 5.97 Å². The number of carbonyl (C=O) groups excluding carboxylic acids is 2. The van der Waals surface area contributed by atoms with Crippen molar-refractivity contribution < 1.29 is 19.1 Å². The molecule has 35 heavy (non-hydrogen) atoms. The molecule has 4 nitrogen and oxygen atoms in total. The molecule has 2 aromatic carbocycles. The molecule has 0 saturated heterocycles. The zero-order valence-corrected chi connectivity index (χ0v) is 23.7. The lowest BCUT2D eigenvalue weighted by Crippen LogP contribution is -2.40. The van der Waals surface area contributed by atoms with E-state index in [0.29, 0.717) is 35.1 Å². The van der Waals surface area contributed by atoms with Crippen molar-refractivity contribution in [2.45, 2.75) is 52.1 Å². The van der Waals surface area contributed by atoms with Gasteiger partial charge in [-0.3, -0.25) is 4.79 Å². The van der Waals surface area contributed by atoms with Gasteiger partial charge in [-0.25, -0.2) is 4.79 Å². The van der Waals surface area contributed by atoms with Crippen LogP contribution < -0.4 is 4.74 Å². The van der Waals surface area contributed by atoms with E-state index in [-0.39, 0.29) is 10.8 Å². The van der Waals surface area contributed by atoms with Gasteiger partial charge in [-0.1, -0.05) is 70.7 Å². The Morgan fingerprint density at radius 3 is 2.40 bits per heavy atom. The number of ketones is 1. The summed E-state index contributed by atoms with van der Waals surface area (Å²) >= 11 is 17.9. The molecule has 0 fully saturated rings. The van der Waals surface area contributed by atoms with E-state index in [4.69, 9.17) is 32.7 Å². The molecule has 0 bridgehead atoms. The highest BCUT2D eigenvalue weighted by Gasteiger charge is 2.33. The molecular formula is C27H27BrCl2O4S. The number of halogens is 3. The standard InChI is InChI=1S/C27H27BrCl2O4S/c1-4-5-16-33-26(32)27(2,3)34-21-13-9-18(24(29)25(21)30)8-12-20(31)23-15-14-22(35-23)17-6-10-19(28)11-7-17/h6-7,9-11,13-15H,4-5,8,12,16H2,1-3H3. The number of Topliss-reactive ketones (excluding diaryl/α,β-unsaturated/α-hetero) is 1. The fourth-order valence-corrected chi connectivity index (χ4v) is 4.99. The Morgan fingerprint density at radius 2 is 1.71 bits per heavy atom. The smallest absolute Gasteiger partial charge is 0.349 e. The first-order chi connectivity index (χ1) is 16.6. The maximum Gasteiger partial charge on any atom is 0.349 e. The highest BCUT2D eigenvalue weighted by atomic mass is 79.9. The number of aryl methyl sites for hydroxylation is 1. The fraction of sp³-hybridized carbons (Fsp3) is 0.333. The normalized spacial score (nSPS) is 11.4. The average molecular weight is 598 g/mol. The summed E-state index contributed by atoms with van der Waals surface area (Å²) in [4.78, 5) is 26.9.